The predicted molar refractivity (Wildman–Crippen MR) is 78.9 cm³/mol. The second-order valence-electron chi connectivity index (χ2n) is 5.02. The summed E-state index contributed by atoms with van der Waals surface area (Å²) in [6, 6.07) is 5.70. The summed E-state index contributed by atoms with van der Waals surface area (Å²) in [5.41, 5.74) is 7.47. The van der Waals surface area contributed by atoms with Crippen molar-refractivity contribution in [3.8, 4) is 11.4 Å². The van der Waals surface area contributed by atoms with Crippen molar-refractivity contribution in [1.82, 2.24) is 20.2 Å². The molecule has 20 heavy (non-hydrogen) atoms. The molecule has 1 fully saturated rings. The highest BCUT2D eigenvalue weighted by Crippen LogP contribution is 2.25. The number of nitrogens with two attached hydrogens (primary N) is 1. The number of ether oxygens (including phenoxy) is 1. The normalized spacial score (nSPS) is 18.6. The van der Waals surface area contributed by atoms with E-state index in [1.54, 1.807) is 0 Å². The van der Waals surface area contributed by atoms with Gasteiger partial charge in [0.2, 0.25) is 0 Å². The molecule has 2 N–H and O–H groups in total. The third kappa shape index (κ3) is 2.99. The van der Waals surface area contributed by atoms with Crippen molar-refractivity contribution in [3.63, 3.8) is 0 Å². The van der Waals surface area contributed by atoms with Crippen molar-refractivity contribution < 1.29 is 4.74 Å². The molecule has 106 valence electrons. The van der Waals surface area contributed by atoms with Gasteiger partial charge in [-0.25, -0.2) is 4.68 Å². The van der Waals surface area contributed by atoms with E-state index in [4.69, 9.17) is 10.5 Å². The summed E-state index contributed by atoms with van der Waals surface area (Å²) in [7, 11) is 0. The van der Waals surface area contributed by atoms with E-state index < -0.39 is 0 Å². The van der Waals surface area contributed by atoms with Gasteiger partial charge in [-0.3, -0.25) is 0 Å². The van der Waals surface area contributed by atoms with E-state index in [2.05, 4.69) is 31.5 Å². The highest BCUT2D eigenvalue weighted by Gasteiger charge is 2.17. The molecule has 1 saturated heterocycles. The van der Waals surface area contributed by atoms with E-state index in [1.807, 2.05) is 22.9 Å². The standard InChI is InChI=1S/C13H16BrN5O/c14-11-5-10(6-12(15)7-11)13-16-17-18-19(13)3-1-9-2-4-20-8-9/h5-7,9H,1-4,8,15H2. The molecule has 3 rings (SSSR count). The summed E-state index contributed by atoms with van der Waals surface area (Å²) in [5.74, 6) is 1.36. The monoisotopic (exact) mass is 337 g/mol. The lowest BCUT2D eigenvalue weighted by molar-refractivity contribution is 0.183. The maximum Gasteiger partial charge on any atom is 0.182 e. The fourth-order valence-electron chi connectivity index (χ4n) is 2.42. The van der Waals surface area contributed by atoms with Gasteiger partial charge in [0.1, 0.15) is 0 Å². The number of hydrogen-bond acceptors (Lipinski definition) is 5. The van der Waals surface area contributed by atoms with Crippen molar-refractivity contribution in [2.75, 3.05) is 18.9 Å². The van der Waals surface area contributed by atoms with Crippen LogP contribution in [0.15, 0.2) is 22.7 Å². The number of nitrogen functional groups attached to an aromatic ring is 1. The van der Waals surface area contributed by atoms with Gasteiger partial charge in [0.05, 0.1) is 0 Å². The summed E-state index contributed by atoms with van der Waals surface area (Å²) < 4.78 is 8.15. The first-order valence-corrected chi connectivity index (χ1v) is 7.42. The predicted octanol–water partition coefficient (Wildman–Crippen LogP) is 2.11. The van der Waals surface area contributed by atoms with E-state index in [0.717, 1.165) is 48.5 Å². The Hall–Kier alpha value is -1.47. The van der Waals surface area contributed by atoms with Crippen LogP contribution in [0.1, 0.15) is 12.8 Å². The first-order chi connectivity index (χ1) is 9.72. The molecule has 1 aromatic carbocycles. The maximum absolute atomic E-state index is 5.86. The third-order valence-electron chi connectivity index (χ3n) is 3.48. The van der Waals surface area contributed by atoms with Crippen LogP contribution in [0.4, 0.5) is 5.69 Å². The largest absolute Gasteiger partial charge is 0.399 e. The topological polar surface area (TPSA) is 78.9 Å². The van der Waals surface area contributed by atoms with Gasteiger partial charge < -0.3 is 10.5 Å². The van der Waals surface area contributed by atoms with Crippen LogP contribution in [-0.4, -0.2) is 33.4 Å². The van der Waals surface area contributed by atoms with Gasteiger partial charge in [0, 0.05) is 35.5 Å². The Morgan fingerprint density at radius 2 is 2.30 bits per heavy atom. The van der Waals surface area contributed by atoms with Gasteiger partial charge in [-0.1, -0.05) is 15.9 Å². The number of aromatic nitrogens is 4. The van der Waals surface area contributed by atoms with Crippen LogP contribution in [0.5, 0.6) is 0 Å². The van der Waals surface area contributed by atoms with Crippen LogP contribution in [0, 0.1) is 5.92 Å². The molecular weight excluding hydrogens is 322 g/mol. The Kier molecular flexibility index (Phi) is 3.98. The minimum absolute atomic E-state index is 0.611. The SMILES string of the molecule is Nc1cc(Br)cc(-c2nnnn2CCC2CCOC2)c1. The molecule has 6 nitrogen and oxygen atoms in total. The molecule has 1 atom stereocenters. The molecule has 0 aliphatic carbocycles. The lowest BCUT2D eigenvalue weighted by Crippen LogP contribution is -2.09. The summed E-state index contributed by atoms with van der Waals surface area (Å²) in [6.45, 7) is 2.51. The van der Waals surface area contributed by atoms with Crippen LogP contribution < -0.4 is 5.73 Å². The van der Waals surface area contributed by atoms with Gasteiger partial charge in [0.15, 0.2) is 5.82 Å². The van der Waals surface area contributed by atoms with Crippen molar-refractivity contribution >= 4 is 21.6 Å². The van der Waals surface area contributed by atoms with Gasteiger partial charge in [-0.2, -0.15) is 0 Å². The number of hydrogen-bond donors (Lipinski definition) is 1. The molecule has 0 radical (unpaired) electrons. The van der Waals surface area contributed by atoms with Gasteiger partial charge in [0.25, 0.3) is 0 Å². The van der Waals surface area contributed by atoms with E-state index >= 15 is 0 Å². The molecule has 1 unspecified atom stereocenters. The summed E-state index contributed by atoms with van der Waals surface area (Å²) in [4.78, 5) is 0. The fourth-order valence-corrected chi connectivity index (χ4v) is 2.93. The zero-order chi connectivity index (χ0) is 13.9. The van der Waals surface area contributed by atoms with Crippen LogP contribution in [0.2, 0.25) is 0 Å². The number of benzene rings is 1. The summed E-state index contributed by atoms with van der Waals surface area (Å²) >= 11 is 3.44. The minimum atomic E-state index is 0.611. The van der Waals surface area contributed by atoms with Crippen molar-refractivity contribution in [3.05, 3.63) is 22.7 Å². The van der Waals surface area contributed by atoms with Crippen LogP contribution in [-0.2, 0) is 11.3 Å². The molecule has 1 aliphatic heterocycles. The minimum Gasteiger partial charge on any atom is -0.399 e. The molecule has 1 aromatic heterocycles. The highest BCUT2D eigenvalue weighted by molar-refractivity contribution is 9.10. The number of rotatable bonds is 4. The quantitative estimate of drug-likeness (QED) is 0.864. The second-order valence-corrected chi connectivity index (χ2v) is 5.93. The van der Waals surface area contributed by atoms with Crippen molar-refractivity contribution in [2.45, 2.75) is 19.4 Å². The van der Waals surface area contributed by atoms with E-state index in [0.29, 0.717) is 11.6 Å². The average molecular weight is 338 g/mol. The van der Waals surface area contributed by atoms with E-state index in [-0.39, 0.29) is 0 Å². The van der Waals surface area contributed by atoms with E-state index in [9.17, 15) is 0 Å². The molecule has 0 saturated carbocycles. The van der Waals surface area contributed by atoms with E-state index in [1.165, 1.54) is 0 Å². The molecule has 2 aromatic rings. The Morgan fingerprint density at radius 3 is 3.05 bits per heavy atom. The summed E-state index contributed by atoms with van der Waals surface area (Å²) in [6.07, 6.45) is 2.16. The van der Waals surface area contributed by atoms with Crippen molar-refractivity contribution in [1.29, 1.82) is 0 Å². The zero-order valence-electron chi connectivity index (χ0n) is 11.0. The van der Waals surface area contributed by atoms with Crippen LogP contribution >= 0.6 is 15.9 Å². The Labute approximate surface area is 125 Å². The maximum atomic E-state index is 5.86. The number of anilines is 1. The Balaban J connectivity index is 1.78. The van der Waals surface area contributed by atoms with Crippen molar-refractivity contribution in [2.24, 2.45) is 5.92 Å². The molecular formula is C13H16BrN5O. The van der Waals surface area contributed by atoms with Crippen LogP contribution in [0.3, 0.4) is 0 Å². The van der Waals surface area contributed by atoms with Gasteiger partial charge in [-0.15, -0.1) is 5.10 Å². The molecule has 0 bridgehead atoms. The molecule has 2 heterocycles. The lowest BCUT2D eigenvalue weighted by atomic mass is 10.1. The number of halogens is 1. The number of nitrogens with zero attached hydrogens (tertiary/aromatic N) is 4. The van der Waals surface area contributed by atoms with Crippen LogP contribution in [0.25, 0.3) is 11.4 Å². The van der Waals surface area contributed by atoms with Gasteiger partial charge >= 0.3 is 0 Å². The molecule has 7 heteroatoms. The lowest BCUT2D eigenvalue weighted by Gasteiger charge is -2.09. The molecule has 1 aliphatic rings. The third-order valence-corrected chi connectivity index (χ3v) is 3.94. The smallest absolute Gasteiger partial charge is 0.182 e. The number of aryl methyl sites for hydroxylation is 1. The van der Waals surface area contributed by atoms with Gasteiger partial charge in [-0.05, 0) is 47.4 Å². The first-order valence-electron chi connectivity index (χ1n) is 6.63. The molecule has 0 spiro atoms. The molecule has 0 amide bonds. The Bertz CT molecular complexity index is 574. The summed E-state index contributed by atoms with van der Waals surface area (Å²) in [5, 5.41) is 12.0. The highest BCUT2D eigenvalue weighted by atomic mass is 79.9. The average Bonchev–Trinajstić information content (AvgIpc) is 3.06. The number of tetrazole rings is 1. The second kappa shape index (κ2) is 5.88. The fraction of sp³-hybridized carbons (Fsp3) is 0.462. The Morgan fingerprint density at radius 1 is 1.40 bits per heavy atom. The zero-order valence-corrected chi connectivity index (χ0v) is 12.6. The first kappa shape index (κ1) is 13.5.